The number of anilines is 2. The molecule has 2 aliphatic heterocycles. The number of fused-ring (bicyclic) bond motifs is 1. The molecule has 292 valence electrons. The third-order valence-electron chi connectivity index (χ3n) is 11.9. The second-order valence-electron chi connectivity index (χ2n) is 15.2. The first-order valence-electron chi connectivity index (χ1n) is 18.7. The van der Waals surface area contributed by atoms with Crippen LogP contribution in [0.25, 0.3) is 5.57 Å². The lowest BCUT2D eigenvalue weighted by Crippen LogP contribution is -2.62. The predicted octanol–water partition coefficient (Wildman–Crippen LogP) is 3.22. The van der Waals surface area contributed by atoms with Crippen LogP contribution in [-0.2, 0) is 23.9 Å². The van der Waals surface area contributed by atoms with Gasteiger partial charge in [0.15, 0.2) is 5.78 Å². The smallest absolute Gasteiger partial charge is 0.342 e. The Morgan fingerprint density at radius 3 is 2.62 bits per heavy atom. The first-order valence-corrected chi connectivity index (χ1v) is 18.7. The van der Waals surface area contributed by atoms with E-state index in [1.807, 2.05) is 19.9 Å². The van der Waals surface area contributed by atoms with E-state index in [9.17, 15) is 24.6 Å². The Kier molecular flexibility index (Phi) is 11.7. The summed E-state index contributed by atoms with van der Waals surface area (Å²) in [4.78, 5) is 61.7. The number of ketones is 1. The average Bonchev–Trinajstić information content (AvgIpc) is 3.83. The number of nitrogens with two attached hydrogens (primary N) is 1. The van der Waals surface area contributed by atoms with Crippen molar-refractivity contribution in [3.63, 3.8) is 0 Å². The highest BCUT2D eigenvalue weighted by Crippen LogP contribution is 2.62. The number of nitrogen functional groups attached to an aromatic ring is 1. The fourth-order valence-electron chi connectivity index (χ4n) is 8.81. The minimum Gasteiger partial charge on any atom is -0.462 e. The van der Waals surface area contributed by atoms with E-state index in [1.165, 1.54) is 18.5 Å². The second kappa shape index (κ2) is 16.3. The molecule has 5 unspecified atom stereocenters. The van der Waals surface area contributed by atoms with Crippen LogP contribution in [0.3, 0.4) is 0 Å². The quantitative estimate of drug-likeness (QED) is 0.106. The summed E-state index contributed by atoms with van der Waals surface area (Å²) in [6.07, 6.45) is 8.86. The summed E-state index contributed by atoms with van der Waals surface area (Å²) in [7, 11) is 0. The number of aliphatic hydroxyl groups excluding tert-OH is 2. The van der Waals surface area contributed by atoms with E-state index in [0.717, 1.165) is 5.57 Å². The normalized spacial score (nSPS) is 29.4. The third-order valence-corrected chi connectivity index (χ3v) is 11.9. The maximum atomic E-state index is 13.9. The van der Waals surface area contributed by atoms with E-state index >= 15 is 0 Å². The van der Waals surface area contributed by atoms with Crippen LogP contribution in [0.15, 0.2) is 76.3 Å². The molecule has 2 saturated carbocycles. The number of rotatable bonds is 14. The van der Waals surface area contributed by atoms with E-state index in [1.54, 1.807) is 31.5 Å². The maximum absolute atomic E-state index is 13.9. The molecule has 8 atom stereocenters. The Morgan fingerprint density at radius 1 is 1.20 bits per heavy atom. The molecule has 0 saturated heterocycles. The first kappa shape index (κ1) is 39.6. The standard InChI is InChI=1S/C40H50N8O7/c1-6-54-37(53)35(24-19-45-38(41)46-20-24)30-15-25(36(52)55-30)28(48-33-9-7-8-12-42-33)16-26-22(2)27(47-23(3)29(50)18-34-43-13-14-44-34)17-31-39(26,4)11-10-32(51)40(31,5)21-49/h7-9,12-13,15,19-20,23,26-28,31-32,47,49,51H,2,6,10-11,14,16-18,21H2,1,3-5H3,(H,42,48)(H2,41,45,46)/b35-30-/t23?,26?,27?,28?,31?,32-,39-,40+/m1/s1. The second-order valence-corrected chi connectivity index (χ2v) is 15.2. The van der Waals surface area contributed by atoms with Gasteiger partial charge in [0.25, 0.3) is 0 Å². The molecule has 0 spiro atoms. The Balaban J connectivity index is 1.41. The number of amidine groups is 1. The zero-order chi connectivity index (χ0) is 39.5. The molecule has 15 nitrogen and oxygen atoms in total. The molecule has 6 rings (SSSR count). The summed E-state index contributed by atoms with van der Waals surface area (Å²) in [6, 6.07) is 3.74. The van der Waals surface area contributed by atoms with Crippen LogP contribution in [0.1, 0.15) is 65.4 Å². The van der Waals surface area contributed by atoms with E-state index in [-0.39, 0.29) is 71.7 Å². The number of hydrogen-bond donors (Lipinski definition) is 5. The summed E-state index contributed by atoms with van der Waals surface area (Å²) in [5.74, 6) is -0.986. The number of hydrogen-bond acceptors (Lipinski definition) is 15. The fraction of sp³-hybridized carbons (Fsp3) is 0.500. The lowest BCUT2D eigenvalue weighted by molar-refractivity contribution is -0.156. The highest BCUT2D eigenvalue weighted by atomic mass is 16.6. The summed E-state index contributed by atoms with van der Waals surface area (Å²) < 4.78 is 11.2. The van der Waals surface area contributed by atoms with Crippen LogP contribution in [0.4, 0.5) is 11.8 Å². The van der Waals surface area contributed by atoms with Crippen molar-refractivity contribution in [1.29, 1.82) is 0 Å². The summed E-state index contributed by atoms with van der Waals surface area (Å²) in [5.41, 5.74) is 5.67. The number of aliphatic hydroxyl groups is 2. The van der Waals surface area contributed by atoms with Crippen LogP contribution in [0.2, 0.25) is 0 Å². The Morgan fingerprint density at radius 2 is 1.96 bits per heavy atom. The molecule has 4 aliphatic rings. The van der Waals surface area contributed by atoms with Crippen LogP contribution >= 0.6 is 0 Å². The van der Waals surface area contributed by atoms with Gasteiger partial charge in [-0.05, 0) is 75.0 Å². The third kappa shape index (κ3) is 8.00. The van der Waals surface area contributed by atoms with E-state index in [0.29, 0.717) is 43.9 Å². The highest BCUT2D eigenvalue weighted by molar-refractivity contribution is 6.18. The van der Waals surface area contributed by atoms with Crippen molar-refractivity contribution in [2.75, 3.05) is 30.8 Å². The van der Waals surface area contributed by atoms with Gasteiger partial charge in [-0.2, -0.15) is 0 Å². The van der Waals surface area contributed by atoms with Gasteiger partial charge in [0.1, 0.15) is 23.0 Å². The SMILES string of the molecule is C=C1C(NC(C)C(=O)CC2=NCC=N2)CC2[C@](C)(CC[C@@H](O)[C@@]2(C)CO)C1CC(Nc1ccccn1)C1=C/C(=C(/C(=O)OCC)c2cnc(N)nc2)OC1=O. The van der Waals surface area contributed by atoms with Crippen molar-refractivity contribution in [2.24, 2.45) is 32.7 Å². The average molecular weight is 755 g/mol. The highest BCUT2D eigenvalue weighted by Gasteiger charge is 2.60. The summed E-state index contributed by atoms with van der Waals surface area (Å²) in [5, 5.41) is 29.2. The molecule has 2 fully saturated rings. The largest absolute Gasteiger partial charge is 0.462 e. The van der Waals surface area contributed by atoms with Crippen molar-refractivity contribution in [1.82, 2.24) is 20.3 Å². The van der Waals surface area contributed by atoms with Gasteiger partial charge in [-0.15, -0.1) is 0 Å². The molecule has 0 amide bonds. The number of nitrogens with zero attached hydrogens (tertiary/aromatic N) is 5. The number of allylic oxidation sites excluding steroid dienone is 1. The number of cyclic esters (lactones) is 1. The first-order chi connectivity index (χ1) is 26.3. The molecule has 2 aliphatic carbocycles. The van der Waals surface area contributed by atoms with Gasteiger partial charge in [-0.25, -0.2) is 29.5 Å². The van der Waals surface area contributed by atoms with Crippen LogP contribution < -0.4 is 16.4 Å². The van der Waals surface area contributed by atoms with Gasteiger partial charge in [-0.3, -0.25) is 9.79 Å². The molecule has 0 bridgehead atoms. The number of esters is 2. The minimum atomic E-state index is -0.854. The predicted molar refractivity (Wildman–Crippen MR) is 207 cm³/mol. The number of pyridine rings is 1. The molecule has 0 aromatic carbocycles. The van der Waals surface area contributed by atoms with Gasteiger partial charge in [0.2, 0.25) is 5.95 Å². The van der Waals surface area contributed by atoms with Gasteiger partial charge in [-0.1, -0.05) is 32.1 Å². The molecule has 2 aromatic rings. The zero-order valence-electron chi connectivity index (χ0n) is 31.7. The van der Waals surface area contributed by atoms with Crippen molar-refractivity contribution < 1.29 is 34.1 Å². The number of nitrogens with one attached hydrogen (secondary N) is 2. The van der Waals surface area contributed by atoms with Crippen molar-refractivity contribution >= 4 is 47.1 Å². The van der Waals surface area contributed by atoms with Crippen molar-refractivity contribution in [3.8, 4) is 0 Å². The minimum absolute atomic E-state index is 0.00667. The zero-order valence-corrected chi connectivity index (χ0v) is 31.7. The topological polar surface area (TPSA) is 224 Å². The Labute approximate surface area is 320 Å². The number of aliphatic imine (C=N–C) groups is 2. The number of ether oxygens (including phenoxy) is 2. The van der Waals surface area contributed by atoms with Crippen LogP contribution in [-0.4, -0.2) is 98.9 Å². The summed E-state index contributed by atoms with van der Waals surface area (Å²) >= 11 is 0. The number of carbonyl (C=O) groups is 3. The van der Waals surface area contributed by atoms with Gasteiger partial charge in [0.05, 0.1) is 49.9 Å². The summed E-state index contributed by atoms with van der Waals surface area (Å²) in [6.45, 7) is 12.5. The molecule has 6 N–H and O–H groups in total. The van der Waals surface area contributed by atoms with Gasteiger partial charge >= 0.3 is 11.9 Å². The number of Topliss-reactive ketones (excluding diaryl/α,β-unsaturated/α-hetero) is 1. The number of aromatic nitrogens is 3. The van der Waals surface area contributed by atoms with Crippen molar-refractivity contribution in [2.45, 2.75) is 84.0 Å². The van der Waals surface area contributed by atoms with E-state index in [4.69, 9.17) is 15.2 Å². The monoisotopic (exact) mass is 754 g/mol. The molecule has 15 heteroatoms. The number of carbonyl (C=O) groups excluding carboxylic acids is 3. The fourth-order valence-corrected chi connectivity index (χ4v) is 8.81. The Bertz CT molecular complexity index is 1930. The Hall–Kier alpha value is -5.12. The lowest BCUT2D eigenvalue weighted by atomic mass is 9.45. The maximum Gasteiger partial charge on any atom is 0.342 e. The molecule has 4 heterocycles. The molecular formula is C40H50N8O7. The van der Waals surface area contributed by atoms with Crippen LogP contribution in [0.5, 0.6) is 0 Å². The molecular weight excluding hydrogens is 704 g/mol. The molecule has 2 aromatic heterocycles. The van der Waals surface area contributed by atoms with Gasteiger partial charge < -0.3 is 36.1 Å². The van der Waals surface area contributed by atoms with Crippen molar-refractivity contribution in [3.05, 3.63) is 71.9 Å². The molecule has 0 radical (unpaired) electrons. The van der Waals surface area contributed by atoms with Crippen LogP contribution in [0, 0.1) is 22.7 Å². The van der Waals surface area contributed by atoms with Gasteiger partial charge in [0, 0.05) is 41.8 Å². The van der Waals surface area contributed by atoms with E-state index < -0.39 is 41.0 Å². The lowest BCUT2D eigenvalue weighted by Gasteiger charge is -2.62. The van der Waals surface area contributed by atoms with E-state index in [2.05, 4.69) is 49.1 Å². The molecule has 55 heavy (non-hydrogen) atoms.